The first-order valence-corrected chi connectivity index (χ1v) is 6.26. The maximum absolute atomic E-state index is 10.6. The number of hydrogen-bond donors (Lipinski definition) is 2. The van der Waals surface area contributed by atoms with Gasteiger partial charge < -0.3 is 10.8 Å². The van der Waals surface area contributed by atoms with Crippen LogP contribution in [0.4, 0.5) is 0 Å². The summed E-state index contributed by atoms with van der Waals surface area (Å²) in [6.07, 6.45) is 5.36. The number of carbonyl (C=O) groups is 1. The Morgan fingerprint density at radius 2 is 2.12 bits per heavy atom. The molecule has 0 fully saturated rings. The van der Waals surface area contributed by atoms with E-state index >= 15 is 0 Å². The lowest BCUT2D eigenvalue weighted by Gasteiger charge is -2.22. The quantitative estimate of drug-likeness (QED) is 0.839. The van der Waals surface area contributed by atoms with E-state index in [9.17, 15) is 4.79 Å². The average Bonchev–Trinajstić information content (AvgIpc) is 2.35. The summed E-state index contributed by atoms with van der Waals surface area (Å²) in [6.45, 7) is 0. The smallest absolute Gasteiger partial charge is 0.303 e. The molecule has 0 radical (unpaired) electrons. The van der Waals surface area contributed by atoms with Crippen LogP contribution in [-0.4, -0.2) is 11.1 Å². The van der Waals surface area contributed by atoms with E-state index in [1.807, 2.05) is 6.07 Å². The number of carboxylic acids is 1. The van der Waals surface area contributed by atoms with Crippen molar-refractivity contribution in [2.45, 2.75) is 44.6 Å². The lowest BCUT2D eigenvalue weighted by atomic mass is 9.85. The maximum atomic E-state index is 10.6. The molecule has 1 aliphatic carbocycles. The van der Waals surface area contributed by atoms with Crippen LogP contribution in [0.5, 0.6) is 0 Å². The number of fused-ring (bicyclic) bond motifs is 1. The van der Waals surface area contributed by atoms with Crippen molar-refractivity contribution >= 4 is 5.97 Å². The fourth-order valence-corrected chi connectivity index (χ4v) is 2.59. The highest BCUT2D eigenvalue weighted by molar-refractivity contribution is 5.66. The highest BCUT2D eigenvalue weighted by Crippen LogP contribution is 2.29. The molecule has 0 amide bonds. The predicted molar refractivity (Wildman–Crippen MR) is 66.9 cm³/mol. The van der Waals surface area contributed by atoms with Crippen molar-refractivity contribution in [2.24, 2.45) is 5.73 Å². The lowest BCUT2D eigenvalue weighted by Crippen LogP contribution is -2.17. The molecule has 1 unspecified atom stereocenters. The van der Waals surface area contributed by atoms with E-state index in [0.717, 1.165) is 18.4 Å². The number of carboxylic acid groups (broad SMARTS) is 1. The summed E-state index contributed by atoms with van der Waals surface area (Å²) < 4.78 is 0. The van der Waals surface area contributed by atoms with Crippen LogP contribution in [0.15, 0.2) is 18.2 Å². The van der Waals surface area contributed by atoms with Gasteiger partial charge in [0.05, 0.1) is 0 Å². The first-order chi connectivity index (χ1) is 8.18. The molecular formula is C14H19NO2. The van der Waals surface area contributed by atoms with Gasteiger partial charge in [0, 0.05) is 12.5 Å². The van der Waals surface area contributed by atoms with Gasteiger partial charge in [-0.15, -0.1) is 0 Å². The molecule has 1 atom stereocenters. The van der Waals surface area contributed by atoms with E-state index in [2.05, 4.69) is 12.1 Å². The van der Waals surface area contributed by atoms with Crippen molar-refractivity contribution in [1.82, 2.24) is 0 Å². The van der Waals surface area contributed by atoms with E-state index in [1.165, 1.54) is 24.0 Å². The Morgan fingerprint density at radius 3 is 2.88 bits per heavy atom. The van der Waals surface area contributed by atoms with Gasteiger partial charge >= 0.3 is 5.97 Å². The SMILES string of the molecule is NC(CCC(=O)O)c1cccc2c1CCCC2. The molecule has 1 aliphatic rings. The normalized spacial score (nSPS) is 16.3. The Balaban J connectivity index is 2.17. The monoisotopic (exact) mass is 233 g/mol. The first kappa shape index (κ1) is 12.1. The fourth-order valence-electron chi connectivity index (χ4n) is 2.59. The summed E-state index contributed by atoms with van der Waals surface area (Å²) >= 11 is 0. The van der Waals surface area contributed by atoms with Gasteiger partial charge in [0.25, 0.3) is 0 Å². The number of aryl methyl sites for hydroxylation is 1. The van der Waals surface area contributed by atoms with Crippen LogP contribution in [0, 0.1) is 0 Å². The molecule has 0 saturated carbocycles. The van der Waals surface area contributed by atoms with Crippen molar-refractivity contribution in [1.29, 1.82) is 0 Å². The van der Waals surface area contributed by atoms with Crippen LogP contribution in [0.2, 0.25) is 0 Å². The minimum Gasteiger partial charge on any atom is -0.481 e. The summed E-state index contributed by atoms with van der Waals surface area (Å²) in [5, 5.41) is 8.69. The predicted octanol–water partition coefficient (Wildman–Crippen LogP) is 2.43. The standard InChI is InChI=1S/C14H19NO2/c15-13(8-9-14(16)17)12-7-3-5-10-4-1-2-6-11(10)12/h3,5,7,13H,1-2,4,6,8-9,15H2,(H,16,17). The van der Waals surface area contributed by atoms with Gasteiger partial charge in [-0.2, -0.15) is 0 Å². The number of benzene rings is 1. The Labute approximate surface area is 102 Å². The third kappa shape index (κ3) is 2.86. The first-order valence-electron chi connectivity index (χ1n) is 6.26. The van der Waals surface area contributed by atoms with E-state index in [1.54, 1.807) is 0 Å². The summed E-state index contributed by atoms with van der Waals surface area (Å²) in [5.41, 5.74) is 10.0. The van der Waals surface area contributed by atoms with E-state index < -0.39 is 5.97 Å². The zero-order valence-corrected chi connectivity index (χ0v) is 9.98. The molecular weight excluding hydrogens is 214 g/mol. The van der Waals surface area contributed by atoms with Gasteiger partial charge in [0.2, 0.25) is 0 Å². The molecule has 1 aromatic carbocycles. The molecule has 0 aliphatic heterocycles. The molecule has 0 spiro atoms. The summed E-state index contributed by atoms with van der Waals surface area (Å²) in [6, 6.07) is 6.12. The van der Waals surface area contributed by atoms with Crippen LogP contribution in [0.3, 0.4) is 0 Å². The Morgan fingerprint density at radius 1 is 1.35 bits per heavy atom. The fraction of sp³-hybridized carbons (Fsp3) is 0.500. The molecule has 0 heterocycles. The zero-order valence-electron chi connectivity index (χ0n) is 9.98. The van der Waals surface area contributed by atoms with Crippen molar-refractivity contribution < 1.29 is 9.90 Å². The third-order valence-electron chi connectivity index (χ3n) is 3.50. The molecule has 3 heteroatoms. The number of rotatable bonds is 4. The largest absolute Gasteiger partial charge is 0.481 e. The minimum absolute atomic E-state index is 0.140. The van der Waals surface area contributed by atoms with Crippen molar-refractivity contribution in [3.63, 3.8) is 0 Å². The summed E-state index contributed by atoms with van der Waals surface area (Å²) in [5.74, 6) is -0.773. The van der Waals surface area contributed by atoms with E-state index in [4.69, 9.17) is 10.8 Å². The zero-order chi connectivity index (χ0) is 12.3. The Bertz CT molecular complexity index is 415. The minimum atomic E-state index is -0.773. The topological polar surface area (TPSA) is 63.3 Å². The second-order valence-electron chi connectivity index (χ2n) is 4.73. The molecule has 2 rings (SSSR count). The van der Waals surface area contributed by atoms with Crippen LogP contribution < -0.4 is 5.73 Å². The van der Waals surface area contributed by atoms with Crippen molar-refractivity contribution in [3.8, 4) is 0 Å². The van der Waals surface area contributed by atoms with E-state index in [-0.39, 0.29) is 12.5 Å². The number of aliphatic carboxylic acids is 1. The highest BCUT2D eigenvalue weighted by Gasteiger charge is 2.17. The second-order valence-corrected chi connectivity index (χ2v) is 4.73. The van der Waals surface area contributed by atoms with Crippen molar-refractivity contribution in [3.05, 3.63) is 34.9 Å². The van der Waals surface area contributed by atoms with Crippen LogP contribution in [0.1, 0.15) is 48.4 Å². The van der Waals surface area contributed by atoms with Crippen molar-refractivity contribution in [2.75, 3.05) is 0 Å². The van der Waals surface area contributed by atoms with Crippen LogP contribution >= 0.6 is 0 Å². The number of hydrogen-bond acceptors (Lipinski definition) is 2. The van der Waals surface area contributed by atoms with Gasteiger partial charge in [-0.3, -0.25) is 4.79 Å². The molecule has 0 bridgehead atoms. The second kappa shape index (κ2) is 5.32. The molecule has 0 saturated heterocycles. The lowest BCUT2D eigenvalue weighted by molar-refractivity contribution is -0.137. The highest BCUT2D eigenvalue weighted by atomic mass is 16.4. The van der Waals surface area contributed by atoms with Gasteiger partial charge in [-0.05, 0) is 48.8 Å². The average molecular weight is 233 g/mol. The maximum Gasteiger partial charge on any atom is 0.303 e. The van der Waals surface area contributed by atoms with Crippen LogP contribution in [-0.2, 0) is 17.6 Å². The molecule has 3 nitrogen and oxygen atoms in total. The Kier molecular flexibility index (Phi) is 3.79. The van der Waals surface area contributed by atoms with E-state index in [0.29, 0.717) is 6.42 Å². The molecule has 3 N–H and O–H groups in total. The summed E-state index contributed by atoms with van der Waals surface area (Å²) in [4.78, 5) is 10.6. The van der Waals surface area contributed by atoms with Gasteiger partial charge in [0.15, 0.2) is 0 Å². The molecule has 17 heavy (non-hydrogen) atoms. The van der Waals surface area contributed by atoms with Gasteiger partial charge in [0.1, 0.15) is 0 Å². The molecule has 1 aromatic rings. The third-order valence-corrected chi connectivity index (χ3v) is 3.50. The van der Waals surface area contributed by atoms with Crippen LogP contribution in [0.25, 0.3) is 0 Å². The summed E-state index contributed by atoms with van der Waals surface area (Å²) in [7, 11) is 0. The van der Waals surface area contributed by atoms with Gasteiger partial charge in [-0.1, -0.05) is 18.2 Å². The Hall–Kier alpha value is -1.35. The molecule has 92 valence electrons. The van der Waals surface area contributed by atoms with Gasteiger partial charge in [-0.25, -0.2) is 0 Å². The number of nitrogens with two attached hydrogens (primary N) is 1. The molecule has 0 aromatic heterocycles.